The highest BCUT2D eigenvalue weighted by atomic mass is 16.5. The molecule has 0 aliphatic rings. The summed E-state index contributed by atoms with van der Waals surface area (Å²) in [6.07, 6.45) is 0. The van der Waals surface area contributed by atoms with Crippen molar-refractivity contribution in [2.45, 2.75) is 6.92 Å². The third-order valence-corrected chi connectivity index (χ3v) is 3.85. The Morgan fingerprint density at radius 1 is 1.00 bits per heavy atom. The summed E-state index contributed by atoms with van der Waals surface area (Å²) in [4.78, 5) is 12.5. The number of hydrogen-bond donors (Lipinski definition) is 1. The molecule has 4 aromatic rings. The van der Waals surface area contributed by atoms with Crippen molar-refractivity contribution in [2.75, 3.05) is 0 Å². The SMILES string of the molecule is Cc1nn(-c2ccccc2)c2c1c(=O)n(O)c1ccccc21. The molecule has 0 unspecified atom stereocenters. The second kappa shape index (κ2) is 4.46. The van der Waals surface area contributed by atoms with Crippen LogP contribution < -0.4 is 5.56 Å². The predicted octanol–water partition coefficient (Wildman–Crippen LogP) is 2.89. The minimum atomic E-state index is -0.451. The molecule has 0 saturated carbocycles. The Morgan fingerprint density at radius 2 is 1.68 bits per heavy atom. The van der Waals surface area contributed by atoms with E-state index >= 15 is 0 Å². The van der Waals surface area contributed by atoms with Gasteiger partial charge >= 0.3 is 0 Å². The van der Waals surface area contributed by atoms with E-state index in [4.69, 9.17) is 0 Å². The van der Waals surface area contributed by atoms with Crippen LogP contribution in [0.5, 0.6) is 0 Å². The van der Waals surface area contributed by atoms with Crippen molar-refractivity contribution in [3.05, 3.63) is 70.6 Å². The molecule has 0 aliphatic heterocycles. The summed E-state index contributed by atoms with van der Waals surface area (Å²) in [6, 6.07) is 16.9. The number of para-hydroxylation sites is 2. The van der Waals surface area contributed by atoms with Crippen molar-refractivity contribution < 1.29 is 5.21 Å². The van der Waals surface area contributed by atoms with E-state index in [9.17, 15) is 10.0 Å². The van der Waals surface area contributed by atoms with Gasteiger partial charge in [-0.1, -0.05) is 36.4 Å². The molecule has 0 saturated heterocycles. The average Bonchev–Trinajstić information content (AvgIpc) is 2.91. The highest BCUT2D eigenvalue weighted by Gasteiger charge is 2.18. The van der Waals surface area contributed by atoms with Crippen LogP contribution in [0.1, 0.15) is 5.69 Å². The zero-order chi connectivity index (χ0) is 15.3. The lowest BCUT2D eigenvalue weighted by Crippen LogP contribution is -2.18. The van der Waals surface area contributed by atoms with Crippen LogP contribution >= 0.6 is 0 Å². The molecule has 5 heteroatoms. The molecule has 22 heavy (non-hydrogen) atoms. The van der Waals surface area contributed by atoms with Crippen molar-refractivity contribution in [1.82, 2.24) is 14.5 Å². The van der Waals surface area contributed by atoms with Crippen LogP contribution in [0.25, 0.3) is 27.5 Å². The minimum Gasteiger partial charge on any atom is -0.425 e. The van der Waals surface area contributed by atoms with Gasteiger partial charge in [0.2, 0.25) is 0 Å². The maximum Gasteiger partial charge on any atom is 0.294 e. The number of benzene rings is 2. The number of pyridine rings is 1. The molecule has 0 amide bonds. The number of nitrogens with zero attached hydrogens (tertiary/aromatic N) is 3. The van der Waals surface area contributed by atoms with Gasteiger partial charge in [-0.15, -0.1) is 4.73 Å². The van der Waals surface area contributed by atoms with Crippen LogP contribution in [-0.2, 0) is 0 Å². The minimum absolute atomic E-state index is 0.435. The van der Waals surface area contributed by atoms with Crippen LogP contribution in [0.3, 0.4) is 0 Å². The largest absolute Gasteiger partial charge is 0.425 e. The monoisotopic (exact) mass is 291 g/mol. The summed E-state index contributed by atoms with van der Waals surface area (Å²) in [6.45, 7) is 1.78. The van der Waals surface area contributed by atoms with Gasteiger partial charge in [0.25, 0.3) is 5.56 Å². The zero-order valence-electron chi connectivity index (χ0n) is 11.9. The molecule has 0 radical (unpaired) electrons. The topological polar surface area (TPSA) is 60.0 Å². The van der Waals surface area contributed by atoms with E-state index in [1.165, 1.54) is 0 Å². The number of rotatable bonds is 1. The maximum absolute atomic E-state index is 12.5. The van der Waals surface area contributed by atoms with Crippen molar-refractivity contribution >= 4 is 21.8 Å². The number of aromatic nitrogens is 3. The molecule has 0 aliphatic carbocycles. The molecular weight excluding hydrogens is 278 g/mol. The van der Waals surface area contributed by atoms with Crippen molar-refractivity contribution in [1.29, 1.82) is 0 Å². The molecule has 108 valence electrons. The van der Waals surface area contributed by atoms with Crippen molar-refractivity contribution in [3.63, 3.8) is 0 Å². The van der Waals surface area contributed by atoms with Crippen LogP contribution in [0.4, 0.5) is 0 Å². The van der Waals surface area contributed by atoms with Crippen LogP contribution in [0.2, 0.25) is 0 Å². The molecule has 1 N–H and O–H groups in total. The maximum atomic E-state index is 12.5. The second-order valence-electron chi connectivity index (χ2n) is 5.19. The lowest BCUT2D eigenvalue weighted by Gasteiger charge is -2.08. The van der Waals surface area contributed by atoms with Gasteiger partial charge in [0, 0.05) is 5.39 Å². The fourth-order valence-electron chi connectivity index (χ4n) is 2.86. The van der Waals surface area contributed by atoms with Crippen molar-refractivity contribution in [2.24, 2.45) is 0 Å². The van der Waals surface area contributed by atoms with E-state index in [0.717, 1.165) is 16.6 Å². The molecular formula is C17H13N3O2. The van der Waals surface area contributed by atoms with Gasteiger partial charge in [-0.2, -0.15) is 5.10 Å². The fourth-order valence-corrected chi connectivity index (χ4v) is 2.86. The lowest BCUT2D eigenvalue weighted by atomic mass is 10.1. The smallest absolute Gasteiger partial charge is 0.294 e. The molecule has 2 heterocycles. The molecule has 5 nitrogen and oxygen atoms in total. The van der Waals surface area contributed by atoms with Gasteiger partial charge < -0.3 is 5.21 Å². The van der Waals surface area contributed by atoms with Crippen LogP contribution in [0, 0.1) is 6.92 Å². The first-order valence-corrected chi connectivity index (χ1v) is 6.96. The average molecular weight is 291 g/mol. The second-order valence-corrected chi connectivity index (χ2v) is 5.19. The lowest BCUT2D eigenvalue weighted by molar-refractivity contribution is 0.190. The van der Waals surface area contributed by atoms with E-state index in [0.29, 0.717) is 21.3 Å². The quantitative estimate of drug-likeness (QED) is 0.549. The summed E-state index contributed by atoms with van der Waals surface area (Å²) in [5.74, 6) is 0. The highest BCUT2D eigenvalue weighted by Crippen LogP contribution is 2.26. The first-order valence-electron chi connectivity index (χ1n) is 6.96. The Bertz CT molecular complexity index is 1060. The summed E-state index contributed by atoms with van der Waals surface area (Å²) in [5.41, 5.74) is 2.21. The Hall–Kier alpha value is -3.08. The first-order chi connectivity index (χ1) is 10.7. The van der Waals surface area contributed by atoms with Gasteiger partial charge in [0.05, 0.1) is 27.8 Å². The van der Waals surface area contributed by atoms with Crippen LogP contribution in [-0.4, -0.2) is 19.7 Å². The third kappa shape index (κ3) is 1.59. The Balaban J connectivity index is 2.29. The van der Waals surface area contributed by atoms with Gasteiger partial charge in [0.15, 0.2) is 0 Å². The molecule has 0 bridgehead atoms. The van der Waals surface area contributed by atoms with Crippen molar-refractivity contribution in [3.8, 4) is 5.69 Å². The number of fused-ring (bicyclic) bond motifs is 3. The molecule has 2 aromatic carbocycles. The standard InChI is InChI=1S/C17H13N3O2/c1-11-15-16(19(18-11)12-7-3-2-4-8-12)13-9-5-6-10-14(13)20(22)17(15)21/h2-10,22H,1H3. The molecule has 0 atom stereocenters. The number of aryl methyl sites for hydroxylation is 1. The summed E-state index contributed by atoms with van der Waals surface area (Å²) in [5, 5.41) is 15.8. The predicted molar refractivity (Wildman–Crippen MR) is 84.8 cm³/mol. The summed E-state index contributed by atoms with van der Waals surface area (Å²) < 4.78 is 2.45. The summed E-state index contributed by atoms with van der Waals surface area (Å²) in [7, 11) is 0. The highest BCUT2D eigenvalue weighted by molar-refractivity contribution is 6.04. The zero-order valence-corrected chi connectivity index (χ0v) is 11.9. The first kappa shape index (κ1) is 12.6. The van der Waals surface area contributed by atoms with Gasteiger partial charge in [-0.3, -0.25) is 4.79 Å². The fraction of sp³-hybridized carbons (Fsp3) is 0.0588. The molecule has 4 rings (SSSR count). The van der Waals surface area contributed by atoms with E-state index in [1.54, 1.807) is 23.7 Å². The Kier molecular flexibility index (Phi) is 2.56. The Morgan fingerprint density at radius 3 is 2.45 bits per heavy atom. The number of hydrogen-bond acceptors (Lipinski definition) is 3. The van der Waals surface area contributed by atoms with Gasteiger partial charge in [-0.05, 0) is 25.1 Å². The molecule has 0 spiro atoms. The van der Waals surface area contributed by atoms with E-state index in [2.05, 4.69) is 5.10 Å². The molecule has 0 fully saturated rings. The Labute approximate surface area is 125 Å². The van der Waals surface area contributed by atoms with Gasteiger partial charge in [0.1, 0.15) is 0 Å². The van der Waals surface area contributed by atoms with E-state index in [1.807, 2.05) is 42.5 Å². The third-order valence-electron chi connectivity index (χ3n) is 3.85. The molecule has 2 aromatic heterocycles. The van der Waals surface area contributed by atoms with Gasteiger partial charge in [-0.25, -0.2) is 4.68 Å². The van der Waals surface area contributed by atoms with Crippen LogP contribution in [0.15, 0.2) is 59.4 Å². The van der Waals surface area contributed by atoms with E-state index < -0.39 is 5.56 Å². The normalized spacial score (nSPS) is 11.3. The summed E-state index contributed by atoms with van der Waals surface area (Å²) >= 11 is 0. The van der Waals surface area contributed by atoms with E-state index in [-0.39, 0.29) is 0 Å².